The monoisotopic (exact) mass is 444 g/mol. The summed E-state index contributed by atoms with van der Waals surface area (Å²) in [6.45, 7) is 8.33. The predicted octanol–water partition coefficient (Wildman–Crippen LogP) is 4.77. The number of thioether (sulfide) groups is 1. The number of rotatable bonds is 9. The van der Waals surface area contributed by atoms with Gasteiger partial charge < -0.3 is 14.0 Å². The highest BCUT2D eigenvalue weighted by Crippen LogP contribution is 2.30. The topological polar surface area (TPSA) is 53.3 Å². The van der Waals surface area contributed by atoms with Crippen molar-refractivity contribution in [1.82, 2.24) is 9.55 Å². The molecule has 138 valence electrons. The van der Waals surface area contributed by atoms with Crippen LogP contribution in [0.5, 0.6) is 0 Å². The zero-order valence-corrected chi connectivity index (χ0v) is 18.6. The number of pyridine rings is 1. The highest BCUT2D eigenvalue weighted by atomic mass is 79.9. The average Bonchev–Trinajstić information content (AvgIpc) is 2.92. The van der Waals surface area contributed by atoms with Crippen molar-refractivity contribution in [3.63, 3.8) is 0 Å². The lowest BCUT2D eigenvalue weighted by Gasteiger charge is -2.15. The first kappa shape index (κ1) is 20.5. The third-order valence-corrected chi connectivity index (χ3v) is 7.22. The lowest BCUT2D eigenvalue weighted by Crippen LogP contribution is -2.22. The number of methoxy groups -OCH3 is 1. The zero-order chi connectivity index (χ0) is 18.4. The minimum atomic E-state index is -1.07. The van der Waals surface area contributed by atoms with Gasteiger partial charge in [-0.1, -0.05) is 19.6 Å². The van der Waals surface area contributed by atoms with E-state index in [4.69, 9.17) is 9.72 Å². The van der Waals surface area contributed by atoms with Crippen LogP contribution in [0, 0.1) is 0 Å². The standard InChI is InChI=1S/C17H25BrN2O3SSi/c1-22-15(21)6-9-24-17-14(18)11-13-5-7-20(16(13)19-17)12-23-8-10-25(2,3)4/h5,7,11H,6,8-10,12H2,1-4H3. The van der Waals surface area contributed by atoms with Gasteiger partial charge in [-0.25, -0.2) is 4.98 Å². The number of halogens is 1. The normalized spacial score (nSPS) is 11.9. The molecule has 2 aromatic heterocycles. The molecule has 25 heavy (non-hydrogen) atoms. The minimum Gasteiger partial charge on any atom is -0.469 e. The average molecular weight is 445 g/mol. The molecule has 0 saturated carbocycles. The van der Waals surface area contributed by atoms with Crippen molar-refractivity contribution in [3.8, 4) is 0 Å². The number of aromatic nitrogens is 2. The van der Waals surface area contributed by atoms with E-state index >= 15 is 0 Å². The van der Waals surface area contributed by atoms with Crippen LogP contribution in [-0.2, 0) is 21.0 Å². The van der Waals surface area contributed by atoms with Gasteiger partial charge in [-0.2, -0.15) is 0 Å². The highest BCUT2D eigenvalue weighted by Gasteiger charge is 2.13. The van der Waals surface area contributed by atoms with E-state index in [1.807, 2.05) is 16.8 Å². The van der Waals surface area contributed by atoms with Gasteiger partial charge in [-0.05, 0) is 34.1 Å². The van der Waals surface area contributed by atoms with Crippen molar-refractivity contribution in [2.45, 2.75) is 43.9 Å². The first-order chi connectivity index (χ1) is 11.8. The van der Waals surface area contributed by atoms with Crippen molar-refractivity contribution in [2.75, 3.05) is 19.5 Å². The Morgan fingerprint density at radius 3 is 2.84 bits per heavy atom. The van der Waals surface area contributed by atoms with Crippen LogP contribution in [-0.4, -0.2) is 43.1 Å². The van der Waals surface area contributed by atoms with Gasteiger partial charge in [-0.15, -0.1) is 11.8 Å². The van der Waals surface area contributed by atoms with Gasteiger partial charge >= 0.3 is 5.97 Å². The maximum absolute atomic E-state index is 11.2. The SMILES string of the molecule is COC(=O)CCSc1nc2c(ccn2COCC[Si](C)(C)C)cc1Br. The highest BCUT2D eigenvalue weighted by molar-refractivity contribution is 9.10. The molecule has 5 nitrogen and oxygen atoms in total. The second kappa shape index (κ2) is 9.20. The lowest BCUT2D eigenvalue weighted by molar-refractivity contribution is -0.140. The minimum absolute atomic E-state index is 0.205. The molecule has 0 aromatic carbocycles. The van der Waals surface area contributed by atoms with Crippen LogP contribution < -0.4 is 0 Å². The number of esters is 1. The second-order valence-electron chi connectivity index (χ2n) is 7.00. The first-order valence-electron chi connectivity index (χ1n) is 8.23. The van der Waals surface area contributed by atoms with Crippen LogP contribution in [0.2, 0.25) is 25.7 Å². The molecule has 0 N–H and O–H groups in total. The van der Waals surface area contributed by atoms with E-state index in [0.29, 0.717) is 18.9 Å². The Hall–Kier alpha value is -0.833. The lowest BCUT2D eigenvalue weighted by atomic mass is 10.3. The van der Waals surface area contributed by atoms with E-state index in [1.165, 1.54) is 7.11 Å². The summed E-state index contributed by atoms with van der Waals surface area (Å²) in [5.74, 6) is 0.431. The van der Waals surface area contributed by atoms with E-state index in [-0.39, 0.29) is 5.97 Å². The van der Waals surface area contributed by atoms with E-state index in [0.717, 1.165) is 33.2 Å². The number of nitrogens with zero attached hydrogens (tertiary/aromatic N) is 2. The molecule has 2 rings (SSSR count). The van der Waals surface area contributed by atoms with E-state index in [1.54, 1.807) is 11.8 Å². The van der Waals surface area contributed by atoms with Crippen molar-refractivity contribution < 1.29 is 14.3 Å². The van der Waals surface area contributed by atoms with Gasteiger partial charge in [-0.3, -0.25) is 4.79 Å². The molecule has 0 aliphatic carbocycles. The summed E-state index contributed by atoms with van der Waals surface area (Å²) in [6, 6.07) is 5.25. The molecule has 0 aliphatic heterocycles. The largest absolute Gasteiger partial charge is 0.469 e. The Bertz CT molecular complexity index is 730. The Morgan fingerprint density at radius 1 is 1.40 bits per heavy atom. The van der Waals surface area contributed by atoms with Gasteiger partial charge in [0.25, 0.3) is 0 Å². The summed E-state index contributed by atoms with van der Waals surface area (Å²) in [6.07, 6.45) is 2.37. The second-order valence-corrected chi connectivity index (χ2v) is 14.6. The van der Waals surface area contributed by atoms with Crippen molar-refractivity contribution in [1.29, 1.82) is 0 Å². The fourth-order valence-corrected chi connectivity index (χ4v) is 4.40. The summed E-state index contributed by atoms with van der Waals surface area (Å²) in [7, 11) is 0.331. The molecule has 0 radical (unpaired) electrons. The van der Waals surface area contributed by atoms with Crippen molar-refractivity contribution in [2.24, 2.45) is 0 Å². The number of carbonyl (C=O) groups is 1. The molecular weight excluding hydrogens is 420 g/mol. The molecule has 0 aliphatic rings. The molecule has 0 atom stereocenters. The Kier molecular flexibility index (Phi) is 7.54. The summed E-state index contributed by atoms with van der Waals surface area (Å²) in [4.78, 5) is 16.0. The number of hydrogen-bond donors (Lipinski definition) is 0. The first-order valence-corrected chi connectivity index (χ1v) is 13.7. The Balaban J connectivity index is 2.02. The summed E-state index contributed by atoms with van der Waals surface area (Å²) >= 11 is 5.10. The quantitative estimate of drug-likeness (QED) is 0.241. The molecule has 2 aromatic rings. The summed E-state index contributed by atoms with van der Waals surface area (Å²) in [5, 5.41) is 1.94. The van der Waals surface area contributed by atoms with Crippen LogP contribution in [0.4, 0.5) is 0 Å². The zero-order valence-electron chi connectivity index (χ0n) is 15.2. The van der Waals surface area contributed by atoms with Gasteiger partial charge in [0.05, 0.1) is 18.0 Å². The molecule has 0 saturated heterocycles. The van der Waals surface area contributed by atoms with Crippen LogP contribution in [0.25, 0.3) is 11.0 Å². The van der Waals surface area contributed by atoms with Crippen LogP contribution >= 0.6 is 27.7 Å². The maximum atomic E-state index is 11.2. The van der Waals surface area contributed by atoms with E-state index in [9.17, 15) is 4.79 Å². The fraction of sp³-hybridized carbons (Fsp3) is 0.529. The molecule has 0 unspecified atom stereocenters. The third-order valence-electron chi connectivity index (χ3n) is 3.66. The smallest absolute Gasteiger partial charge is 0.306 e. The van der Waals surface area contributed by atoms with Crippen LogP contribution in [0.15, 0.2) is 27.8 Å². The van der Waals surface area contributed by atoms with Gasteiger partial charge in [0.2, 0.25) is 0 Å². The van der Waals surface area contributed by atoms with Gasteiger partial charge in [0, 0.05) is 32.0 Å². The van der Waals surface area contributed by atoms with E-state index in [2.05, 4.69) is 46.4 Å². The third kappa shape index (κ3) is 6.43. The van der Waals surface area contributed by atoms with Crippen LogP contribution in [0.3, 0.4) is 0 Å². The molecule has 0 bridgehead atoms. The molecule has 0 amide bonds. The molecular formula is C17H25BrN2O3SSi. The molecule has 8 heteroatoms. The number of hydrogen-bond acceptors (Lipinski definition) is 5. The fourth-order valence-electron chi connectivity index (χ4n) is 2.15. The van der Waals surface area contributed by atoms with Gasteiger partial charge in [0.1, 0.15) is 17.4 Å². The van der Waals surface area contributed by atoms with E-state index < -0.39 is 8.07 Å². The molecule has 0 spiro atoms. The summed E-state index contributed by atoms with van der Waals surface area (Å²) < 4.78 is 13.5. The summed E-state index contributed by atoms with van der Waals surface area (Å²) in [5.41, 5.74) is 0.900. The number of fused-ring (bicyclic) bond motifs is 1. The predicted molar refractivity (Wildman–Crippen MR) is 109 cm³/mol. The number of carbonyl (C=O) groups excluding carboxylic acids is 1. The Morgan fingerprint density at radius 2 is 2.16 bits per heavy atom. The Labute approximate surface area is 162 Å². The van der Waals surface area contributed by atoms with Crippen LogP contribution in [0.1, 0.15) is 6.42 Å². The maximum Gasteiger partial charge on any atom is 0.306 e. The van der Waals surface area contributed by atoms with Crippen molar-refractivity contribution >= 4 is 52.8 Å². The molecule has 0 fully saturated rings. The molecule has 2 heterocycles. The van der Waals surface area contributed by atoms with Gasteiger partial charge in [0.15, 0.2) is 0 Å². The van der Waals surface area contributed by atoms with Crippen molar-refractivity contribution in [3.05, 3.63) is 22.8 Å². The number of ether oxygens (including phenoxy) is 2.